The zero-order valence-electron chi connectivity index (χ0n) is 11.2. The quantitative estimate of drug-likeness (QED) is 0.767. The number of nitrogens with one attached hydrogen (secondary N) is 1. The van der Waals surface area contributed by atoms with Crippen molar-refractivity contribution in [2.75, 3.05) is 32.8 Å². The number of benzene rings is 1. The molecule has 4 nitrogen and oxygen atoms in total. The summed E-state index contributed by atoms with van der Waals surface area (Å²) in [6, 6.07) is 2.57. The molecule has 0 aromatic heterocycles. The van der Waals surface area contributed by atoms with Crippen molar-refractivity contribution in [3.8, 4) is 5.75 Å². The van der Waals surface area contributed by atoms with Gasteiger partial charge in [0.25, 0.3) is 0 Å². The van der Waals surface area contributed by atoms with Crippen LogP contribution < -0.4 is 5.32 Å². The van der Waals surface area contributed by atoms with E-state index in [1.54, 1.807) is 6.92 Å². The number of hydrogen-bond acceptors (Lipinski definition) is 4. The number of piperazine rings is 1. The van der Waals surface area contributed by atoms with Crippen molar-refractivity contribution in [3.05, 3.63) is 29.1 Å². The first kappa shape index (κ1) is 14.2. The molecule has 1 saturated heterocycles. The Morgan fingerprint density at radius 1 is 1.37 bits per heavy atom. The third kappa shape index (κ3) is 3.23. The van der Waals surface area contributed by atoms with E-state index in [2.05, 4.69) is 10.2 Å². The molecular weight excluding hydrogens is 247 g/mol. The highest BCUT2D eigenvalue weighted by Crippen LogP contribution is 2.34. The van der Waals surface area contributed by atoms with Crippen LogP contribution in [0.2, 0.25) is 0 Å². The van der Waals surface area contributed by atoms with Crippen LogP contribution in [0.3, 0.4) is 0 Å². The summed E-state index contributed by atoms with van der Waals surface area (Å²) in [5, 5.41) is 22.7. The third-order valence-corrected chi connectivity index (χ3v) is 3.65. The highest BCUT2D eigenvalue weighted by atomic mass is 19.1. The fourth-order valence-corrected chi connectivity index (χ4v) is 2.67. The zero-order chi connectivity index (χ0) is 13.8. The number of aromatic hydroxyl groups is 1. The van der Waals surface area contributed by atoms with Gasteiger partial charge in [0.15, 0.2) is 0 Å². The molecule has 1 aliphatic rings. The number of halogens is 1. The van der Waals surface area contributed by atoms with Gasteiger partial charge >= 0.3 is 0 Å². The van der Waals surface area contributed by atoms with Crippen LogP contribution >= 0.6 is 0 Å². The van der Waals surface area contributed by atoms with Crippen molar-refractivity contribution >= 4 is 0 Å². The summed E-state index contributed by atoms with van der Waals surface area (Å²) < 4.78 is 13.6. The Labute approximate surface area is 112 Å². The number of phenols is 1. The molecule has 0 radical (unpaired) electrons. The Morgan fingerprint density at radius 3 is 2.68 bits per heavy atom. The van der Waals surface area contributed by atoms with Crippen LogP contribution in [0.4, 0.5) is 4.39 Å². The maximum absolute atomic E-state index is 13.6. The molecule has 0 saturated carbocycles. The molecule has 1 aromatic carbocycles. The highest BCUT2D eigenvalue weighted by molar-refractivity contribution is 5.42. The van der Waals surface area contributed by atoms with Gasteiger partial charge in [0.05, 0.1) is 0 Å². The van der Waals surface area contributed by atoms with Crippen LogP contribution in [0.25, 0.3) is 0 Å². The molecule has 3 N–H and O–H groups in total. The molecule has 0 amide bonds. The highest BCUT2D eigenvalue weighted by Gasteiger charge is 2.25. The van der Waals surface area contributed by atoms with Gasteiger partial charge in [0.2, 0.25) is 0 Å². The zero-order valence-corrected chi connectivity index (χ0v) is 11.2. The van der Waals surface area contributed by atoms with Gasteiger partial charge < -0.3 is 15.5 Å². The van der Waals surface area contributed by atoms with Gasteiger partial charge in [-0.15, -0.1) is 0 Å². The molecule has 1 aromatic rings. The lowest BCUT2D eigenvalue weighted by atomic mass is 9.98. The summed E-state index contributed by atoms with van der Waals surface area (Å²) >= 11 is 0. The minimum absolute atomic E-state index is 0.0175. The third-order valence-electron chi connectivity index (χ3n) is 3.65. The topological polar surface area (TPSA) is 55.7 Å². The van der Waals surface area contributed by atoms with Crippen LogP contribution in [-0.4, -0.2) is 47.9 Å². The van der Waals surface area contributed by atoms with Gasteiger partial charge in [-0.1, -0.05) is 0 Å². The summed E-state index contributed by atoms with van der Waals surface area (Å²) in [6.45, 7) is 5.12. The van der Waals surface area contributed by atoms with Gasteiger partial charge in [0.1, 0.15) is 11.6 Å². The number of aryl methyl sites for hydroxylation is 1. The molecule has 1 aliphatic heterocycles. The lowest BCUT2D eigenvalue weighted by Gasteiger charge is -2.35. The number of hydrogen-bond donors (Lipinski definition) is 3. The van der Waals surface area contributed by atoms with E-state index in [0.717, 1.165) is 26.2 Å². The average Bonchev–Trinajstić information content (AvgIpc) is 2.41. The molecule has 1 atom stereocenters. The molecule has 1 heterocycles. The molecule has 0 bridgehead atoms. The summed E-state index contributed by atoms with van der Waals surface area (Å²) in [6.07, 6.45) is 0.496. The summed E-state index contributed by atoms with van der Waals surface area (Å²) in [5.74, 6) is -0.207. The van der Waals surface area contributed by atoms with E-state index >= 15 is 0 Å². The summed E-state index contributed by atoms with van der Waals surface area (Å²) in [4.78, 5) is 2.18. The van der Waals surface area contributed by atoms with Gasteiger partial charge in [-0.3, -0.25) is 4.90 Å². The van der Waals surface area contributed by atoms with E-state index in [9.17, 15) is 14.6 Å². The Hall–Kier alpha value is -1.17. The van der Waals surface area contributed by atoms with Crippen molar-refractivity contribution < 1.29 is 14.6 Å². The lowest BCUT2D eigenvalue weighted by molar-refractivity contribution is 0.139. The van der Waals surface area contributed by atoms with Gasteiger partial charge in [0, 0.05) is 44.4 Å². The first-order chi connectivity index (χ1) is 9.13. The Balaban J connectivity index is 2.32. The Bertz CT molecular complexity index is 434. The lowest BCUT2D eigenvalue weighted by Crippen LogP contribution is -2.45. The van der Waals surface area contributed by atoms with Crippen LogP contribution in [0.1, 0.15) is 23.6 Å². The van der Waals surface area contributed by atoms with Crippen molar-refractivity contribution in [3.63, 3.8) is 0 Å². The number of aliphatic hydroxyl groups excluding tert-OH is 1. The van der Waals surface area contributed by atoms with Crippen LogP contribution in [-0.2, 0) is 0 Å². The first-order valence-electron chi connectivity index (χ1n) is 6.68. The standard InChI is InChI=1S/C14H21FN2O2/c1-10-8-11(15)9-12(14(10)19)13(2-7-18)17-5-3-16-4-6-17/h8-9,13,16,18-19H,2-7H2,1H3/t13-/m0/s1. The molecule has 2 rings (SSSR count). The van der Waals surface area contributed by atoms with Crippen LogP contribution in [0, 0.1) is 12.7 Å². The fraction of sp³-hybridized carbons (Fsp3) is 0.571. The van der Waals surface area contributed by atoms with E-state index < -0.39 is 0 Å². The maximum atomic E-state index is 13.6. The molecule has 0 unspecified atom stereocenters. The first-order valence-corrected chi connectivity index (χ1v) is 6.68. The SMILES string of the molecule is Cc1cc(F)cc([C@H](CCO)N2CCNCC2)c1O. The molecule has 5 heteroatoms. The second-order valence-electron chi connectivity index (χ2n) is 4.97. The number of aliphatic hydroxyl groups is 1. The van der Waals surface area contributed by atoms with Crippen LogP contribution in [0.5, 0.6) is 5.75 Å². The maximum Gasteiger partial charge on any atom is 0.124 e. The van der Waals surface area contributed by atoms with Crippen molar-refractivity contribution in [1.82, 2.24) is 10.2 Å². The predicted molar refractivity (Wildman–Crippen MR) is 71.7 cm³/mol. The number of nitrogens with zero attached hydrogens (tertiary/aromatic N) is 1. The average molecular weight is 268 g/mol. The fourth-order valence-electron chi connectivity index (χ4n) is 2.67. The Kier molecular flexibility index (Phi) is 4.74. The molecule has 19 heavy (non-hydrogen) atoms. The largest absolute Gasteiger partial charge is 0.507 e. The minimum Gasteiger partial charge on any atom is -0.507 e. The van der Waals surface area contributed by atoms with E-state index in [1.807, 2.05) is 0 Å². The van der Waals surface area contributed by atoms with Crippen LogP contribution in [0.15, 0.2) is 12.1 Å². The second kappa shape index (κ2) is 6.32. The molecule has 106 valence electrons. The van der Waals surface area contributed by atoms with E-state index in [-0.39, 0.29) is 24.2 Å². The minimum atomic E-state index is -0.344. The van der Waals surface area contributed by atoms with Gasteiger partial charge in [-0.05, 0) is 31.0 Å². The molecule has 0 spiro atoms. The number of rotatable bonds is 4. The van der Waals surface area contributed by atoms with Crippen molar-refractivity contribution in [1.29, 1.82) is 0 Å². The van der Waals surface area contributed by atoms with E-state index in [1.165, 1.54) is 12.1 Å². The molecule has 0 aliphatic carbocycles. The second-order valence-corrected chi connectivity index (χ2v) is 4.97. The van der Waals surface area contributed by atoms with Gasteiger partial charge in [-0.2, -0.15) is 0 Å². The predicted octanol–water partition coefficient (Wildman–Crippen LogP) is 1.17. The Morgan fingerprint density at radius 2 is 2.05 bits per heavy atom. The normalized spacial score (nSPS) is 18.5. The smallest absolute Gasteiger partial charge is 0.124 e. The van der Waals surface area contributed by atoms with Crippen molar-refractivity contribution in [2.24, 2.45) is 0 Å². The number of phenolic OH excluding ortho intramolecular Hbond substituents is 1. The van der Waals surface area contributed by atoms with E-state index in [4.69, 9.17) is 0 Å². The van der Waals surface area contributed by atoms with Gasteiger partial charge in [-0.25, -0.2) is 4.39 Å². The summed E-state index contributed by atoms with van der Waals surface area (Å²) in [7, 11) is 0. The molecular formula is C14H21FN2O2. The monoisotopic (exact) mass is 268 g/mol. The molecule has 1 fully saturated rings. The van der Waals surface area contributed by atoms with Crippen molar-refractivity contribution in [2.45, 2.75) is 19.4 Å². The summed E-state index contributed by atoms with van der Waals surface area (Å²) in [5.41, 5.74) is 1.11. The van der Waals surface area contributed by atoms with E-state index in [0.29, 0.717) is 17.5 Å².